The van der Waals surface area contributed by atoms with E-state index in [-0.39, 0.29) is 35.5 Å². The molecule has 4 aliphatic rings. The molecule has 0 saturated carbocycles. The summed E-state index contributed by atoms with van der Waals surface area (Å²) in [4.78, 5) is 29.0. The van der Waals surface area contributed by atoms with Gasteiger partial charge < -0.3 is 0 Å². The Balaban J connectivity index is 1.60. The maximum Gasteiger partial charge on any atom is 0.238 e. The summed E-state index contributed by atoms with van der Waals surface area (Å²) in [5.41, 5.74) is 7.54. The zero-order valence-corrected chi connectivity index (χ0v) is 16.4. The lowest BCUT2D eigenvalue weighted by molar-refractivity contribution is -0.122. The van der Waals surface area contributed by atoms with Gasteiger partial charge in [0.05, 0.1) is 17.5 Å². The van der Waals surface area contributed by atoms with E-state index in [0.29, 0.717) is 0 Å². The lowest BCUT2D eigenvalue weighted by Crippen LogP contribution is -2.41. The van der Waals surface area contributed by atoms with Gasteiger partial charge in [0.1, 0.15) is 0 Å². The second-order valence-electron chi connectivity index (χ2n) is 8.52. The number of hydrogen-bond donors (Lipinski definition) is 0. The predicted octanol–water partition coefficient (Wildman–Crippen LogP) is 4.70. The number of hydrogen-bond acceptors (Lipinski definition) is 2. The van der Waals surface area contributed by atoms with Crippen molar-refractivity contribution >= 4 is 17.5 Å². The van der Waals surface area contributed by atoms with E-state index in [1.165, 1.54) is 27.2 Å². The normalized spacial score (nSPS) is 26.3. The average molecular weight is 379 g/mol. The van der Waals surface area contributed by atoms with Gasteiger partial charge in [0, 0.05) is 11.8 Å². The summed E-state index contributed by atoms with van der Waals surface area (Å²) in [5, 5.41) is 0. The lowest BCUT2D eigenvalue weighted by atomic mass is 9.55. The number of benzene rings is 3. The fraction of sp³-hybridized carbons (Fsp3) is 0.231. The Morgan fingerprint density at radius 2 is 0.966 bits per heavy atom. The molecular formula is C26H21NO2. The van der Waals surface area contributed by atoms with E-state index in [0.717, 1.165) is 16.8 Å². The van der Waals surface area contributed by atoms with Crippen molar-refractivity contribution in [1.82, 2.24) is 0 Å². The highest BCUT2D eigenvalue weighted by atomic mass is 16.2. The summed E-state index contributed by atoms with van der Waals surface area (Å²) in [6.07, 6.45) is 0. The first-order chi connectivity index (χ1) is 14.1. The van der Waals surface area contributed by atoms with E-state index < -0.39 is 0 Å². The van der Waals surface area contributed by atoms with Crippen LogP contribution in [-0.2, 0) is 9.59 Å². The average Bonchev–Trinajstić information content (AvgIpc) is 2.99. The van der Waals surface area contributed by atoms with Gasteiger partial charge in [0.25, 0.3) is 0 Å². The van der Waals surface area contributed by atoms with Crippen LogP contribution in [-0.4, -0.2) is 11.8 Å². The Kier molecular flexibility index (Phi) is 3.27. The lowest BCUT2D eigenvalue weighted by Gasteiger charge is -2.45. The van der Waals surface area contributed by atoms with E-state index in [1.807, 2.05) is 56.3 Å². The van der Waals surface area contributed by atoms with Crippen LogP contribution in [0.1, 0.15) is 45.2 Å². The fourth-order valence-corrected chi connectivity index (χ4v) is 6.06. The second-order valence-corrected chi connectivity index (χ2v) is 8.52. The van der Waals surface area contributed by atoms with Crippen molar-refractivity contribution < 1.29 is 9.59 Å². The summed E-state index contributed by atoms with van der Waals surface area (Å²) in [6, 6.07) is 22.6. The molecule has 3 heteroatoms. The van der Waals surface area contributed by atoms with Gasteiger partial charge in [-0.25, -0.2) is 4.90 Å². The molecule has 29 heavy (non-hydrogen) atoms. The van der Waals surface area contributed by atoms with Crippen molar-refractivity contribution in [3.63, 3.8) is 0 Å². The third-order valence-corrected chi connectivity index (χ3v) is 7.11. The van der Waals surface area contributed by atoms with Gasteiger partial charge in [0.2, 0.25) is 11.8 Å². The smallest absolute Gasteiger partial charge is 0.238 e. The molecule has 2 atom stereocenters. The van der Waals surface area contributed by atoms with Crippen molar-refractivity contribution in [2.75, 3.05) is 4.90 Å². The van der Waals surface area contributed by atoms with Gasteiger partial charge in [0.15, 0.2) is 0 Å². The minimum atomic E-state index is -0.323. The van der Waals surface area contributed by atoms with Crippen LogP contribution in [0.25, 0.3) is 0 Å². The highest BCUT2D eigenvalue weighted by molar-refractivity contribution is 6.24. The molecule has 1 fully saturated rings. The molecule has 142 valence electrons. The molecule has 1 heterocycles. The number of carbonyl (C=O) groups excluding carboxylic acids is 2. The first-order valence-corrected chi connectivity index (χ1v) is 10.2. The largest absolute Gasteiger partial charge is 0.274 e. The van der Waals surface area contributed by atoms with Crippen LogP contribution in [0.2, 0.25) is 0 Å². The zero-order valence-electron chi connectivity index (χ0n) is 16.4. The molecule has 0 unspecified atom stereocenters. The van der Waals surface area contributed by atoms with Crippen molar-refractivity contribution in [3.8, 4) is 0 Å². The van der Waals surface area contributed by atoms with Crippen molar-refractivity contribution in [2.45, 2.75) is 25.7 Å². The molecule has 3 aromatic rings. The maximum absolute atomic E-state index is 13.8. The van der Waals surface area contributed by atoms with Gasteiger partial charge in [-0.05, 0) is 47.2 Å². The molecule has 1 saturated heterocycles. The van der Waals surface area contributed by atoms with Gasteiger partial charge >= 0.3 is 0 Å². The molecule has 3 aromatic carbocycles. The molecule has 2 bridgehead atoms. The molecule has 0 radical (unpaired) electrons. The van der Waals surface area contributed by atoms with E-state index in [1.54, 1.807) is 0 Å². The van der Waals surface area contributed by atoms with E-state index in [4.69, 9.17) is 0 Å². The quantitative estimate of drug-likeness (QED) is 0.575. The van der Waals surface area contributed by atoms with Crippen LogP contribution < -0.4 is 4.90 Å². The van der Waals surface area contributed by atoms with Crippen molar-refractivity contribution in [1.29, 1.82) is 0 Å². The Labute approximate surface area is 170 Å². The Hall–Kier alpha value is -3.20. The Morgan fingerprint density at radius 1 is 0.586 bits per heavy atom. The topological polar surface area (TPSA) is 37.4 Å². The van der Waals surface area contributed by atoms with Gasteiger partial charge in [-0.2, -0.15) is 0 Å². The highest BCUT2D eigenvalue weighted by Crippen LogP contribution is 2.61. The summed E-state index contributed by atoms with van der Waals surface area (Å²) >= 11 is 0. The van der Waals surface area contributed by atoms with Gasteiger partial charge in [-0.3, -0.25) is 9.59 Å². The number of amides is 2. The SMILES string of the molecule is Cc1cccc(C)c1N1C(=O)[C@@H]2C3c4ccccc4C(c4ccccc43)[C@@H]2C1=O. The Morgan fingerprint density at radius 3 is 1.34 bits per heavy atom. The van der Waals surface area contributed by atoms with E-state index >= 15 is 0 Å². The van der Waals surface area contributed by atoms with Crippen LogP contribution in [0.4, 0.5) is 5.69 Å². The van der Waals surface area contributed by atoms with E-state index in [9.17, 15) is 9.59 Å². The number of para-hydroxylation sites is 1. The molecular weight excluding hydrogens is 358 g/mol. The van der Waals surface area contributed by atoms with Gasteiger partial charge in [-0.15, -0.1) is 0 Å². The highest BCUT2D eigenvalue weighted by Gasteiger charge is 2.61. The van der Waals surface area contributed by atoms with E-state index in [2.05, 4.69) is 24.3 Å². The molecule has 3 aliphatic carbocycles. The number of anilines is 1. The zero-order chi connectivity index (χ0) is 19.9. The van der Waals surface area contributed by atoms with Crippen LogP contribution in [0.5, 0.6) is 0 Å². The van der Waals surface area contributed by atoms with Crippen molar-refractivity contribution in [2.24, 2.45) is 11.8 Å². The van der Waals surface area contributed by atoms with Crippen LogP contribution in [0, 0.1) is 25.7 Å². The molecule has 1 aliphatic heterocycles. The van der Waals surface area contributed by atoms with Crippen LogP contribution in [0.3, 0.4) is 0 Å². The number of aryl methyl sites for hydroxylation is 2. The molecule has 2 amide bonds. The predicted molar refractivity (Wildman–Crippen MR) is 112 cm³/mol. The number of carbonyl (C=O) groups is 2. The van der Waals surface area contributed by atoms with Crippen LogP contribution in [0.15, 0.2) is 66.7 Å². The fourth-order valence-electron chi connectivity index (χ4n) is 6.06. The maximum atomic E-state index is 13.8. The first-order valence-electron chi connectivity index (χ1n) is 10.2. The number of nitrogens with zero attached hydrogens (tertiary/aromatic N) is 1. The Bertz CT molecular complexity index is 1080. The molecule has 0 N–H and O–H groups in total. The van der Waals surface area contributed by atoms with Crippen molar-refractivity contribution in [3.05, 3.63) is 100 Å². The molecule has 3 nitrogen and oxygen atoms in total. The number of rotatable bonds is 1. The second kappa shape index (κ2) is 5.66. The summed E-state index contributed by atoms with van der Waals surface area (Å²) < 4.78 is 0. The minimum absolute atomic E-state index is 0.0450. The standard InChI is InChI=1S/C26H21NO2/c1-14-8-7-9-15(2)24(14)27-25(28)22-20-16-10-3-4-11-17(16)21(23(22)26(27)29)19-13-6-5-12-18(19)20/h3-13,20-23H,1-2H3/t20?,21?,22-,23+. The molecule has 0 spiro atoms. The van der Waals surface area contributed by atoms with Gasteiger partial charge in [-0.1, -0.05) is 66.7 Å². The third kappa shape index (κ3) is 1.97. The minimum Gasteiger partial charge on any atom is -0.274 e. The first kappa shape index (κ1) is 16.7. The molecule has 7 rings (SSSR count). The monoisotopic (exact) mass is 379 g/mol. The summed E-state index contributed by atoms with van der Waals surface area (Å²) in [7, 11) is 0. The summed E-state index contributed by atoms with van der Waals surface area (Å²) in [5.74, 6) is -0.841. The summed E-state index contributed by atoms with van der Waals surface area (Å²) in [6.45, 7) is 3.95. The third-order valence-electron chi connectivity index (χ3n) is 7.11. The molecule has 0 aromatic heterocycles. The number of imide groups is 1. The van der Waals surface area contributed by atoms with Crippen LogP contribution >= 0.6 is 0 Å².